The predicted molar refractivity (Wildman–Crippen MR) is 83.9 cm³/mol. The highest BCUT2D eigenvalue weighted by atomic mass is 19.3. The zero-order chi connectivity index (χ0) is 17.4. The highest BCUT2D eigenvalue weighted by Crippen LogP contribution is 2.20. The zero-order valence-electron chi connectivity index (χ0n) is 13.0. The fourth-order valence-corrected chi connectivity index (χ4v) is 1.97. The van der Waals surface area contributed by atoms with Gasteiger partial charge in [0.1, 0.15) is 23.9 Å². The Kier molecular flexibility index (Phi) is 6.36. The number of para-hydroxylation sites is 1. The topological polar surface area (TPSA) is 56.8 Å². The van der Waals surface area contributed by atoms with Gasteiger partial charge in [0, 0.05) is 6.07 Å². The molecule has 0 saturated heterocycles. The summed E-state index contributed by atoms with van der Waals surface area (Å²) in [7, 11) is 1.55. The number of alkyl halides is 2. The summed E-state index contributed by atoms with van der Waals surface area (Å²) in [5, 5.41) is 2.59. The summed E-state index contributed by atoms with van der Waals surface area (Å²) < 4.78 is 39.6. The van der Waals surface area contributed by atoms with Crippen LogP contribution in [0.5, 0.6) is 17.2 Å². The molecule has 0 heterocycles. The summed E-state index contributed by atoms with van der Waals surface area (Å²) in [6, 6.07) is 12.9. The first-order valence-corrected chi connectivity index (χ1v) is 7.19. The lowest BCUT2D eigenvalue weighted by atomic mass is 10.2. The first-order valence-electron chi connectivity index (χ1n) is 7.19. The lowest BCUT2D eigenvalue weighted by Crippen LogP contribution is -2.28. The molecule has 0 aromatic heterocycles. The third-order valence-electron chi connectivity index (χ3n) is 3.05. The molecule has 0 aliphatic heterocycles. The van der Waals surface area contributed by atoms with Gasteiger partial charge in [0.25, 0.3) is 5.91 Å². The summed E-state index contributed by atoms with van der Waals surface area (Å²) in [5.41, 5.74) is 0.0409. The van der Waals surface area contributed by atoms with Crippen LogP contribution in [0.4, 0.5) is 8.78 Å². The van der Waals surface area contributed by atoms with Crippen molar-refractivity contribution in [2.24, 2.45) is 0 Å². The van der Waals surface area contributed by atoms with Gasteiger partial charge in [0.05, 0.1) is 19.2 Å². The molecule has 0 radical (unpaired) electrons. The van der Waals surface area contributed by atoms with Crippen LogP contribution in [0.15, 0.2) is 48.5 Å². The van der Waals surface area contributed by atoms with E-state index in [2.05, 4.69) is 10.1 Å². The minimum absolute atomic E-state index is 0.0409. The monoisotopic (exact) mass is 337 g/mol. The molecule has 0 aliphatic rings. The van der Waals surface area contributed by atoms with Gasteiger partial charge in [-0.05, 0) is 24.3 Å². The Hall–Kier alpha value is -2.83. The van der Waals surface area contributed by atoms with Crippen molar-refractivity contribution in [1.82, 2.24) is 5.32 Å². The SMILES string of the molecule is COc1cccc(OCCNC(=O)c2ccccc2OC(F)F)c1. The minimum atomic E-state index is -2.99. The second-order valence-corrected chi connectivity index (χ2v) is 4.66. The van der Waals surface area contributed by atoms with Gasteiger partial charge < -0.3 is 19.5 Å². The largest absolute Gasteiger partial charge is 0.497 e. The Labute approximate surface area is 138 Å². The van der Waals surface area contributed by atoms with Crippen molar-refractivity contribution in [2.45, 2.75) is 6.61 Å². The lowest BCUT2D eigenvalue weighted by molar-refractivity contribution is -0.0501. The molecule has 1 amide bonds. The number of halogens is 2. The Morgan fingerprint density at radius 1 is 1.12 bits per heavy atom. The molecule has 5 nitrogen and oxygen atoms in total. The van der Waals surface area contributed by atoms with Crippen LogP contribution in [-0.4, -0.2) is 32.8 Å². The number of rotatable bonds is 8. The molecule has 2 aromatic carbocycles. The first kappa shape index (κ1) is 17.5. The van der Waals surface area contributed by atoms with Crippen LogP contribution < -0.4 is 19.5 Å². The highest BCUT2D eigenvalue weighted by Gasteiger charge is 2.14. The summed E-state index contributed by atoms with van der Waals surface area (Å²) in [5.74, 6) is 0.582. The maximum absolute atomic E-state index is 12.3. The molecule has 1 N–H and O–H groups in total. The lowest BCUT2D eigenvalue weighted by Gasteiger charge is -2.11. The van der Waals surface area contributed by atoms with Gasteiger partial charge in [-0.25, -0.2) is 0 Å². The van der Waals surface area contributed by atoms with Gasteiger partial charge >= 0.3 is 6.61 Å². The van der Waals surface area contributed by atoms with E-state index in [9.17, 15) is 13.6 Å². The molecular formula is C17H17F2NO4. The van der Waals surface area contributed by atoms with Crippen molar-refractivity contribution in [3.63, 3.8) is 0 Å². The number of nitrogens with one attached hydrogen (secondary N) is 1. The number of hydrogen-bond donors (Lipinski definition) is 1. The molecular weight excluding hydrogens is 320 g/mol. The number of hydrogen-bond acceptors (Lipinski definition) is 4. The van der Waals surface area contributed by atoms with E-state index in [-0.39, 0.29) is 24.5 Å². The van der Waals surface area contributed by atoms with E-state index < -0.39 is 12.5 Å². The number of carbonyl (C=O) groups is 1. The molecule has 2 aromatic rings. The number of benzene rings is 2. The number of methoxy groups -OCH3 is 1. The van der Waals surface area contributed by atoms with Crippen molar-refractivity contribution < 1.29 is 27.8 Å². The summed E-state index contributed by atoms with van der Waals surface area (Å²) >= 11 is 0. The van der Waals surface area contributed by atoms with Gasteiger partial charge in [-0.1, -0.05) is 18.2 Å². The van der Waals surface area contributed by atoms with E-state index in [4.69, 9.17) is 9.47 Å². The van der Waals surface area contributed by atoms with E-state index in [1.54, 1.807) is 37.4 Å². The average molecular weight is 337 g/mol. The molecule has 2 rings (SSSR count). The molecule has 0 saturated carbocycles. The normalized spacial score (nSPS) is 10.3. The van der Waals surface area contributed by atoms with Gasteiger partial charge in [0.15, 0.2) is 0 Å². The van der Waals surface area contributed by atoms with E-state index in [0.29, 0.717) is 11.5 Å². The molecule has 0 atom stereocenters. The third kappa shape index (κ3) is 5.12. The van der Waals surface area contributed by atoms with Crippen LogP contribution in [0, 0.1) is 0 Å². The quantitative estimate of drug-likeness (QED) is 0.752. The zero-order valence-corrected chi connectivity index (χ0v) is 13.0. The average Bonchev–Trinajstić information content (AvgIpc) is 2.58. The van der Waals surface area contributed by atoms with Gasteiger partial charge in [0.2, 0.25) is 0 Å². The molecule has 0 spiro atoms. The Morgan fingerprint density at radius 2 is 1.88 bits per heavy atom. The van der Waals surface area contributed by atoms with E-state index in [1.807, 2.05) is 0 Å². The highest BCUT2D eigenvalue weighted by molar-refractivity contribution is 5.96. The van der Waals surface area contributed by atoms with E-state index in [1.165, 1.54) is 18.2 Å². The van der Waals surface area contributed by atoms with Crippen molar-refractivity contribution in [3.8, 4) is 17.2 Å². The van der Waals surface area contributed by atoms with Crippen molar-refractivity contribution in [2.75, 3.05) is 20.3 Å². The second-order valence-electron chi connectivity index (χ2n) is 4.66. The first-order chi connectivity index (χ1) is 11.6. The molecule has 128 valence electrons. The number of carbonyl (C=O) groups excluding carboxylic acids is 1. The molecule has 0 fully saturated rings. The Bertz CT molecular complexity index is 679. The molecule has 24 heavy (non-hydrogen) atoms. The van der Waals surface area contributed by atoms with Crippen LogP contribution in [0.2, 0.25) is 0 Å². The number of amides is 1. The Morgan fingerprint density at radius 3 is 2.62 bits per heavy atom. The van der Waals surface area contributed by atoms with Crippen LogP contribution in [0.25, 0.3) is 0 Å². The molecule has 0 aliphatic carbocycles. The standard InChI is InChI=1S/C17H17F2NO4/c1-22-12-5-4-6-13(11-12)23-10-9-20-16(21)14-7-2-3-8-15(14)24-17(18)19/h2-8,11,17H,9-10H2,1H3,(H,20,21). The van der Waals surface area contributed by atoms with Crippen molar-refractivity contribution >= 4 is 5.91 Å². The summed E-state index contributed by atoms with van der Waals surface area (Å²) in [4.78, 5) is 12.0. The third-order valence-corrected chi connectivity index (χ3v) is 3.05. The summed E-state index contributed by atoms with van der Waals surface area (Å²) in [6.45, 7) is -2.56. The van der Waals surface area contributed by atoms with Gasteiger partial charge in [-0.3, -0.25) is 4.79 Å². The van der Waals surface area contributed by atoms with Gasteiger partial charge in [-0.15, -0.1) is 0 Å². The maximum atomic E-state index is 12.3. The van der Waals surface area contributed by atoms with Crippen LogP contribution in [0.3, 0.4) is 0 Å². The van der Waals surface area contributed by atoms with Crippen LogP contribution >= 0.6 is 0 Å². The van der Waals surface area contributed by atoms with Crippen LogP contribution in [-0.2, 0) is 0 Å². The fourth-order valence-electron chi connectivity index (χ4n) is 1.97. The van der Waals surface area contributed by atoms with Crippen LogP contribution in [0.1, 0.15) is 10.4 Å². The molecule has 7 heteroatoms. The second kappa shape index (κ2) is 8.71. The summed E-state index contributed by atoms with van der Waals surface area (Å²) in [6.07, 6.45) is 0. The fraction of sp³-hybridized carbons (Fsp3) is 0.235. The minimum Gasteiger partial charge on any atom is -0.497 e. The van der Waals surface area contributed by atoms with Gasteiger partial charge in [-0.2, -0.15) is 8.78 Å². The predicted octanol–water partition coefficient (Wildman–Crippen LogP) is 3.11. The van der Waals surface area contributed by atoms with E-state index in [0.717, 1.165) is 0 Å². The van der Waals surface area contributed by atoms with Crippen molar-refractivity contribution in [1.29, 1.82) is 0 Å². The maximum Gasteiger partial charge on any atom is 0.387 e. The van der Waals surface area contributed by atoms with E-state index >= 15 is 0 Å². The Balaban J connectivity index is 1.85. The number of ether oxygens (including phenoxy) is 3. The molecule has 0 unspecified atom stereocenters. The molecule has 0 bridgehead atoms. The van der Waals surface area contributed by atoms with Crippen molar-refractivity contribution in [3.05, 3.63) is 54.1 Å². The smallest absolute Gasteiger partial charge is 0.387 e.